The van der Waals surface area contributed by atoms with Gasteiger partial charge in [0.05, 0.1) is 12.4 Å². The van der Waals surface area contributed by atoms with E-state index in [-0.39, 0.29) is 24.3 Å². The number of nitrogens with one attached hydrogen (secondary N) is 1. The van der Waals surface area contributed by atoms with Crippen molar-refractivity contribution in [2.75, 3.05) is 25.3 Å². The van der Waals surface area contributed by atoms with Gasteiger partial charge in [0.1, 0.15) is 0 Å². The maximum Gasteiger partial charge on any atom is 0.214 e. The highest BCUT2D eigenvalue weighted by Crippen LogP contribution is 2.08. The summed E-state index contributed by atoms with van der Waals surface area (Å²) >= 11 is 5.61. The molecular weight excluding hydrogens is 238 g/mol. The van der Waals surface area contributed by atoms with Crippen LogP contribution < -0.4 is 4.72 Å². The van der Waals surface area contributed by atoms with Gasteiger partial charge in [0.2, 0.25) is 10.0 Å². The Bertz CT molecular complexity index is 254. The number of methoxy groups -OCH3 is 1. The molecule has 1 unspecified atom stereocenters. The maximum atomic E-state index is 11.5. The van der Waals surface area contributed by atoms with Crippen LogP contribution >= 0.6 is 11.6 Å². The molecule has 6 heteroatoms. The van der Waals surface area contributed by atoms with Crippen molar-refractivity contribution in [3.63, 3.8) is 0 Å². The zero-order chi connectivity index (χ0) is 11.9. The predicted octanol–water partition coefficient (Wildman–Crippen LogP) is 1.21. The first-order valence-corrected chi connectivity index (χ1v) is 7.16. The highest BCUT2D eigenvalue weighted by molar-refractivity contribution is 7.89. The summed E-state index contributed by atoms with van der Waals surface area (Å²) in [4.78, 5) is 0. The molecule has 0 saturated heterocycles. The number of ether oxygens (including phenoxy) is 1. The fourth-order valence-electron chi connectivity index (χ4n) is 1.13. The number of hydrogen-bond acceptors (Lipinski definition) is 3. The second-order valence-corrected chi connectivity index (χ2v) is 6.01. The second kappa shape index (κ2) is 7.44. The van der Waals surface area contributed by atoms with Crippen molar-refractivity contribution in [3.8, 4) is 0 Å². The number of alkyl halides is 1. The Kier molecular flexibility index (Phi) is 7.52. The van der Waals surface area contributed by atoms with Crippen molar-refractivity contribution >= 4 is 21.6 Å². The fourth-order valence-corrected chi connectivity index (χ4v) is 2.72. The largest absolute Gasteiger partial charge is 0.384 e. The molecule has 0 aromatic carbocycles. The van der Waals surface area contributed by atoms with Gasteiger partial charge in [0, 0.05) is 19.0 Å². The molecule has 1 N–H and O–H groups in total. The van der Waals surface area contributed by atoms with Crippen LogP contribution in [0.15, 0.2) is 0 Å². The first kappa shape index (κ1) is 15.2. The summed E-state index contributed by atoms with van der Waals surface area (Å²) in [5.41, 5.74) is 0. The average Bonchev–Trinajstić information content (AvgIpc) is 2.14. The Balaban J connectivity index is 4.25. The minimum absolute atomic E-state index is 0.00495. The second-order valence-electron chi connectivity index (χ2n) is 3.76. The summed E-state index contributed by atoms with van der Waals surface area (Å²) in [5.74, 6) is 0.686. The molecule has 0 amide bonds. The van der Waals surface area contributed by atoms with E-state index in [4.69, 9.17) is 16.3 Å². The zero-order valence-corrected chi connectivity index (χ0v) is 11.1. The van der Waals surface area contributed by atoms with Crippen molar-refractivity contribution in [2.45, 2.75) is 26.3 Å². The van der Waals surface area contributed by atoms with Gasteiger partial charge in [-0.2, -0.15) is 0 Å². The van der Waals surface area contributed by atoms with E-state index in [0.717, 1.165) is 0 Å². The topological polar surface area (TPSA) is 55.4 Å². The Morgan fingerprint density at radius 1 is 1.40 bits per heavy atom. The van der Waals surface area contributed by atoms with Crippen LogP contribution in [0, 0.1) is 5.92 Å². The fraction of sp³-hybridized carbons (Fsp3) is 1.00. The third-order valence-electron chi connectivity index (χ3n) is 2.11. The summed E-state index contributed by atoms with van der Waals surface area (Å²) in [5, 5.41) is 0. The van der Waals surface area contributed by atoms with Gasteiger partial charge < -0.3 is 4.74 Å². The number of sulfonamides is 1. The lowest BCUT2D eigenvalue weighted by Gasteiger charge is -2.21. The lowest BCUT2D eigenvalue weighted by molar-refractivity contribution is 0.216. The van der Waals surface area contributed by atoms with Crippen LogP contribution in [0.1, 0.15) is 20.3 Å². The Morgan fingerprint density at radius 2 is 2.00 bits per heavy atom. The Morgan fingerprint density at radius 3 is 2.40 bits per heavy atom. The third kappa shape index (κ3) is 7.11. The van der Waals surface area contributed by atoms with E-state index in [2.05, 4.69) is 4.72 Å². The van der Waals surface area contributed by atoms with Crippen LogP contribution in [-0.2, 0) is 14.8 Å². The van der Waals surface area contributed by atoms with E-state index >= 15 is 0 Å². The standard InChI is InChI=1S/C9H20ClNO3S/c1-8(2)9(4-5-10)11-15(12,13)7-6-14-3/h8-9,11H,4-7H2,1-3H3. The first-order chi connectivity index (χ1) is 6.93. The van der Waals surface area contributed by atoms with Crippen molar-refractivity contribution in [1.29, 1.82) is 0 Å². The molecule has 0 bridgehead atoms. The van der Waals surface area contributed by atoms with Crippen LogP contribution in [-0.4, -0.2) is 39.8 Å². The van der Waals surface area contributed by atoms with Gasteiger partial charge in [-0.1, -0.05) is 13.8 Å². The van der Waals surface area contributed by atoms with E-state index in [1.54, 1.807) is 0 Å². The van der Waals surface area contributed by atoms with Crippen LogP contribution in [0.4, 0.5) is 0 Å². The van der Waals surface area contributed by atoms with Crippen molar-refractivity contribution in [3.05, 3.63) is 0 Å². The first-order valence-electron chi connectivity index (χ1n) is 4.98. The molecule has 0 spiro atoms. The van der Waals surface area contributed by atoms with E-state index < -0.39 is 10.0 Å². The molecular formula is C9H20ClNO3S. The van der Waals surface area contributed by atoms with E-state index in [1.807, 2.05) is 13.8 Å². The molecule has 0 fully saturated rings. The third-order valence-corrected chi connectivity index (χ3v) is 3.70. The minimum Gasteiger partial charge on any atom is -0.384 e. The van der Waals surface area contributed by atoms with Gasteiger partial charge in [0.15, 0.2) is 0 Å². The highest BCUT2D eigenvalue weighted by Gasteiger charge is 2.19. The summed E-state index contributed by atoms with van der Waals surface area (Å²) in [6.07, 6.45) is 0.644. The number of hydrogen-bond donors (Lipinski definition) is 1. The predicted molar refractivity (Wildman–Crippen MR) is 62.8 cm³/mol. The molecule has 1 atom stereocenters. The Labute approximate surface area is 97.4 Å². The van der Waals surface area contributed by atoms with Crippen LogP contribution in [0.3, 0.4) is 0 Å². The van der Waals surface area contributed by atoms with E-state index in [1.165, 1.54) is 7.11 Å². The van der Waals surface area contributed by atoms with Gasteiger partial charge in [-0.15, -0.1) is 11.6 Å². The van der Waals surface area contributed by atoms with E-state index in [9.17, 15) is 8.42 Å². The quantitative estimate of drug-likeness (QED) is 0.665. The van der Waals surface area contributed by atoms with Crippen LogP contribution in [0.5, 0.6) is 0 Å². The summed E-state index contributed by atoms with van der Waals surface area (Å²) in [7, 11) is -1.76. The lowest BCUT2D eigenvalue weighted by Crippen LogP contribution is -2.40. The molecule has 0 rings (SSSR count). The number of halogens is 1. The van der Waals surface area contributed by atoms with Gasteiger partial charge in [-0.3, -0.25) is 0 Å². The van der Waals surface area contributed by atoms with Crippen LogP contribution in [0.25, 0.3) is 0 Å². The minimum atomic E-state index is -3.24. The van der Waals surface area contributed by atoms with Gasteiger partial charge in [-0.25, -0.2) is 13.1 Å². The monoisotopic (exact) mass is 257 g/mol. The van der Waals surface area contributed by atoms with Crippen molar-refractivity contribution < 1.29 is 13.2 Å². The molecule has 0 heterocycles. The lowest BCUT2D eigenvalue weighted by atomic mass is 10.0. The summed E-state index contributed by atoms with van der Waals surface area (Å²) in [6, 6.07) is -0.0932. The zero-order valence-electron chi connectivity index (χ0n) is 9.49. The summed E-state index contributed by atoms with van der Waals surface area (Å²) < 4.78 is 30.5. The molecule has 0 aliphatic heterocycles. The van der Waals surface area contributed by atoms with Gasteiger partial charge in [-0.05, 0) is 12.3 Å². The Hall–Kier alpha value is 0.160. The molecule has 0 aromatic rings. The van der Waals surface area contributed by atoms with Crippen molar-refractivity contribution in [2.24, 2.45) is 5.92 Å². The normalized spacial score (nSPS) is 14.5. The molecule has 0 aliphatic carbocycles. The smallest absolute Gasteiger partial charge is 0.214 e. The molecule has 0 radical (unpaired) electrons. The highest BCUT2D eigenvalue weighted by atomic mass is 35.5. The molecule has 92 valence electrons. The van der Waals surface area contributed by atoms with Crippen molar-refractivity contribution in [1.82, 2.24) is 4.72 Å². The van der Waals surface area contributed by atoms with Crippen LogP contribution in [0.2, 0.25) is 0 Å². The van der Waals surface area contributed by atoms with Gasteiger partial charge >= 0.3 is 0 Å². The number of rotatable bonds is 8. The molecule has 0 aromatic heterocycles. The maximum absolute atomic E-state index is 11.5. The SMILES string of the molecule is COCCS(=O)(=O)NC(CCCl)C(C)C. The van der Waals surface area contributed by atoms with E-state index in [0.29, 0.717) is 12.3 Å². The summed E-state index contributed by atoms with van der Waals surface area (Å²) in [6.45, 7) is 4.15. The van der Waals surface area contributed by atoms with Gasteiger partial charge in [0.25, 0.3) is 0 Å². The molecule has 4 nitrogen and oxygen atoms in total. The average molecular weight is 258 g/mol. The molecule has 0 aliphatic rings. The molecule has 0 saturated carbocycles. The molecule has 15 heavy (non-hydrogen) atoms.